The first-order valence-electron chi connectivity index (χ1n) is 7.53. The van der Waals surface area contributed by atoms with Crippen LogP contribution in [0, 0.1) is 0 Å². The van der Waals surface area contributed by atoms with Gasteiger partial charge in [-0.15, -0.1) is 11.3 Å². The van der Waals surface area contributed by atoms with Crippen LogP contribution in [-0.4, -0.2) is 21.4 Å². The van der Waals surface area contributed by atoms with Crippen molar-refractivity contribution < 1.29 is 17.9 Å². The maximum atomic E-state index is 12.6. The van der Waals surface area contributed by atoms with Crippen molar-refractivity contribution in [3.8, 4) is 5.75 Å². The average molecular weight is 366 g/mol. The monoisotopic (exact) mass is 366 g/mol. The molecule has 0 fully saturated rings. The highest BCUT2D eigenvalue weighted by Gasteiger charge is 2.26. The van der Waals surface area contributed by atoms with Crippen molar-refractivity contribution in [2.75, 3.05) is 11.8 Å². The molecule has 8 heteroatoms. The second kappa shape index (κ2) is 6.45. The Hall–Kier alpha value is -2.06. The molecule has 128 valence electrons. The normalized spacial score (nSPS) is 14.0. The van der Waals surface area contributed by atoms with E-state index >= 15 is 0 Å². The third kappa shape index (κ3) is 3.11. The molecule has 0 bridgehead atoms. The minimum Gasteiger partial charge on any atom is -0.497 e. The quantitative estimate of drug-likeness (QED) is 0.849. The Morgan fingerprint density at radius 3 is 2.50 bits per heavy atom. The number of fused-ring (bicyclic) bond motifs is 1. The van der Waals surface area contributed by atoms with Gasteiger partial charge in [-0.1, -0.05) is 0 Å². The number of methoxy groups -OCH3 is 1. The smallest absolute Gasteiger partial charge is 0.262 e. The average Bonchev–Trinajstić information content (AvgIpc) is 2.92. The van der Waals surface area contributed by atoms with Gasteiger partial charge in [-0.25, -0.2) is 8.42 Å². The van der Waals surface area contributed by atoms with Crippen LogP contribution in [0.25, 0.3) is 0 Å². The SMILES string of the molecule is COc1ccc(S(=O)(=O)Nc2sc3c(c2C(N)=O)CCCC3)cc1. The van der Waals surface area contributed by atoms with Gasteiger partial charge < -0.3 is 10.5 Å². The van der Waals surface area contributed by atoms with Gasteiger partial charge in [0.05, 0.1) is 17.6 Å². The number of hydrogen-bond acceptors (Lipinski definition) is 5. The number of nitrogens with two attached hydrogens (primary N) is 1. The van der Waals surface area contributed by atoms with E-state index in [1.807, 2.05) is 0 Å². The largest absolute Gasteiger partial charge is 0.497 e. The lowest BCUT2D eigenvalue weighted by molar-refractivity contribution is 0.100. The van der Waals surface area contributed by atoms with Gasteiger partial charge in [0.25, 0.3) is 15.9 Å². The molecule has 0 saturated heterocycles. The standard InChI is InChI=1S/C16H18N2O4S2/c1-22-10-6-8-11(9-7-10)24(20,21)18-16-14(15(17)19)12-4-2-3-5-13(12)23-16/h6-9,18H,2-5H2,1H3,(H2,17,19). The summed E-state index contributed by atoms with van der Waals surface area (Å²) < 4.78 is 32.7. The molecule has 0 unspecified atom stereocenters. The number of benzene rings is 1. The van der Waals surface area contributed by atoms with Crippen LogP contribution in [0.2, 0.25) is 0 Å². The molecule has 3 N–H and O–H groups in total. The summed E-state index contributed by atoms with van der Waals surface area (Å²) in [5.74, 6) is -0.0276. The highest BCUT2D eigenvalue weighted by Crippen LogP contribution is 2.38. The fourth-order valence-corrected chi connectivity index (χ4v) is 5.43. The summed E-state index contributed by atoms with van der Waals surface area (Å²) in [5.41, 5.74) is 6.70. The van der Waals surface area contributed by atoms with Crippen molar-refractivity contribution in [1.29, 1.82) is 0 Å². The van der Waals surface area contributed by atoms with E-state index in [1.54, 1.807) is 12.1 Å². The number of aryl methyl sites for hydroxylation is 1. The molecule has 24 heavy (non-hydrogen) atoms. The zero-order chi connectivity index (χ0) is 17.3. The third-order valence-corrected chi connectivity index (χ3v) is 6.72. The second-order valence-electron chi connectivity index (χ2n) is 5.56. The van der Waals surface area contributed by atoms with Crippen LogP contribution in [0.3, 0.4) is 0 Å². The van der Waals surface area contributed by atoms with Crippen molar-refractivity contribution in [2.24, 2.45) is 5.73 Å². The minimum atomic E-state index is -3.80. The van der Waals surface area contributed by atoms with Crippen LogP contribution in [0.5, 0.6) is 5.75 Å². The van der Waals surface area contributed by atoms with Crippen LogP contribution in [0.15, 0.2) is 29.2 Å². The molecule has 0 saturated carbocycles. The summed E-state index contributed by atoms with van der Waals surface area (Å²) in [4.78, 5) is 13.0. The number of primary amides is 1. The summed E-state index contributed by atoms with van der Waals surface area (Å²) in [6.07, 6.45) is 3.63. The first-order valence-corrected chi connectivity index (χ1v) is 9.83. The van der Waals surface area contributed by atoms with Crippen molar-refractivity contribution in [3.05, 3.63) is 40.3 Å². The summed E-state index contributed by atoms with van der Waals surface area (Å²) in [6, 6.07) is 6.06. The number of sulfonamides is 1. The molecule has 1 aliphatic carbocycles. The molecule has 1 aliphatic rings. The second-order valence-corrected chi connectivity index (χ2v) is 8.35. The number of rotatable bonds is 5. The van der Waals surface area contributed by atoms with Crippen LogP contribution in [0.1, 0.15) is 33.6 Å². The number of hydrogen-bond donors (Lipinski definition) is 2. The molecular weight excluding hydrogens is 348 g/mol. The fourth-order valence-electron chi connectivity index (χ4n) is 2.83. The Labute approximate surface area is 144 Å². The van der Waals surface area contributed by atoms with E-state index in [1.165, 1.54) is 30.6 Å². The first kappa shape index (κ1) is 16.8. The molecule has 0 radical (unpaired) electrons. The van der Waals surface area contributed by atoms with Crippen LogP contribution >= 0.6 is 11.3 Å². The van der Waals surface area contributed by atoms with E-state index in [0.29, 0.717) is 16.3 Å². The molecule has 1 aromatic carbocycles. The minimum absolute atomic E-state index is 0.102. The summed E-state index contributed by atoms with van der Waals surface area (Å²) >= 11 is 1.30. The van der Waals surface area contributed by atoms with Crippen molar-refractivity contribution in [1.82, 2.24) is 0 Å². The van der Waals surface area contributed by atoms with Gasteiger partial charge in [0.15, 0.2) is 0 Å². The van der Waals surface area contributed by atoms with Gasteiger partial charge in [-0.2, -0.15) is 0 Å². The van der Waals surface area contributed by atoms with Gasteiger partial charge >= 0.3 is 0 Å². The lowest BCUT2D eigenvalue weighted by atomic mass is 9.95. The van der Waals surface area contributed by atoms with E-state index in [9.17, 15) is 13.2 Å². The third-order valence-electron chi connectivity index (χ3n) is 4.01. The number of thiophene rings is 1. The van der Waals surface area contributed by atoms with Gasteiger partial charge in [0.2, 0.25) is 0 Å². The Balaban J connectivity index is 1.97. The fraction of sp³-hybridized carbons (Fsp3) is 0.312. The van der Waals surface area contributed by atoms with Gasteiger partial charge in [-0.3, -0.25) is 9.52 Å². The summed E-state index contributed by atoms with van der Waals surface area (Å²) in [5, 5.41) is 0.310. The maximum absolute atomic E-state index is 12.6. The van der Waals surface area contributed by atoms with Crippen LogP contribution in [0.4, 0.5) is 5.00 Å². The molecule has 1 aromatic heterocycles. The lowest BCUT2D eigenvalue weighted by Gasteiger charge is -2.11. The van der Waals surface area contributed by atoms with E-state index in [-0.39, 0.29) is 4.90 Å². The molecule has 1 amide bonds. The number of carbonyl (C=O) groups excluding carboxylic acids is 1. The van der Waals surface area contributed by atoms with Crippen LogP contribution in [-0.2, 0) is 22.9 Å². The zero-order valence-electron chi connectivity index (χ0n) is 13.2. The van der Waals surface area contributed by atoms with Gasteiger partial charge in [0, 0.05) is 4.88 Å². The maximum Gasteiger partial charge on any atom is 0.262 e. The Kier molecular flexibility index (Phi) is 4.51. The highest BCUT2D eigenvalue weighted by atomic mass is 32.2. The predicted octanol–water partition coefficient (Wildman–Crippen LogP) is 2.54. The predicted molar refractivity (Wildman–Crippen MR) is 93.3 cm³/mol. The zero-order valence-corrected chi connectivity index (χ0v) is 14.8. The van der Waals surface area contributed by atoms with E-state index < -0.39 is 15.9 Å². The number of anilines is 1. The van der Waals surface area contributed by atoms with Crippen LogP contribution < -0.4 is 15.2 Å². The topological polar surface area (TPSA) is 98.5 Å². The molecule has 0 aliphatic heterocycles. The van der Waals surface area contributed by atoms with Crippen molar-refractivity contribution >= 4 is 32.3 Å². The Bertz CT molecular complexity index is 870. The van der Waals surface area contributed by atoms with E-state index in [0.717, 1.165) is 36.1 Å². The van der Waals surface area contributed by atoms with E-state index in [2.05, 4.69) is 4.72 Å². The van der Waals surface area contributed by atoms with E-state index in [4.69, 9.17) is 10.5 Å². The lowest BCUT2D eigenvalue weighted by Crippen LogP contribution is -2.18. The summed E-state index contributed by atoms with van der Waals surface area (Å²) in [6.45, 7) is 0. The molecule has 0 atom stereocenters. The number of nitrogens with one attached hydrogen (secondary N) is 1. The highest BCUT2D eigenvalue weighted by molar-refractivity contribution is 7.93. The Morgan fingerprint density at radius 2 is 1.88 bits per heavy atom. The molecule has 3 rings (SSSR count). The number of ether oxygens (including phenoxy) is 1. The van der Waals surface area contributed by atoms with Crippen molar-refractivity contribution in [2.45, 2.75) is 30.6 Å². The van der Waals surface area contributed by atoms with Gasteiger partial charge in [0.1, 0.15) is 10.8 Å². The molecule has 2 aromatic rings. The summed E-state index contributed by atoms with van der Waals surface area (Å²) in [7, 11) is -2.29. The molecule has 0 spiro atoms. The molecular formula is C16H18N2O4S2. The number of carbonyl (C=O) groups is 1. The van der Waals surface area contributed by atoms with Gasteiger partial charge in [-0.05, 0) is 55.5 Å². The van der Waals surface area contributed by atoms with Crippen molar-refractivity contribution in [3.63, 3.8) is 0 Å². The Morgan fingerprint density at radius 1 is 1.21 bits per heavy atom. The number of amides is 1. The molecule has 1 heterocycles. The molecule has 6 nitrogen and oxygen atoms in total. The first-order chi connectivity index (χ1) is 11.4.